The van der Waals surface area contributed by atoms with Crippen LogP contribution in [0.1, 0.15) is 52.3 Å². The first-order chi connectivity index (χ1) is 10.0. The van der Waals surface area contributed by atoms with Gasteiger partial charge in [0, 0.05) is 12.2 Å². The van der Waals surface area contributed by atoms with Crippen LogP contribution in [0.25, 0.3) is 0 Å². The van der Waals surface area contributed by atoms with Crippen molar-refractivity contribution in [2.75, 3.05) is 12.3 Å². The van der Waals surface area contributed by atoms with Gasteiger partial charge in [-0.1, -0.05) is 32.0 Å². The Morgan fingerprint density at radius 2 is 2.19 bits per heavy atom. The lowest BCUT2D eigenvalue weighted by Crippen LogP contribution is -2.49. The second-order valence-corrected chi connectivity index (χ2v) is 7.29. The molecule has 2 N–H and O–H groups in total. The molecule has 0 bridgehead atoms. The number of nitrogens with zero attached hydrogens (tertiary/aromatic N) is 2. The number of carbonyl (C=O) groups is 1. The fraction of sp³-hybridized carbons (Fsp3) is 0.786. The van der Waals surface area contributed by atoms with Gasteiger partial charge in [-0.15, -0.1) is 0 Å². The fourth-order valence-electron chi connectivity index (χ4n) is 1.85. The highest BCUT2D eigenvalue weighted by Gasteiger charge is 2.31. The topological polar surface area (TPSA) is 75.1 Å². The summed E-state index contributed by atoms with van der Waals surface area (Å²) in [5.41, 5.74) is -0.807. The Balaban J connectivity index is 2.26. The van der Waals surface area contributed by atoms with Gasteiger partial charge in [-0.2, -0.15) is 4.37 Å². The second-order valence-electron chi connectivity index (χ2n) is 5.20. The minimum atomic E-state index is -0.807. The number of carboxylic acid groups (broad SMARTS) is 1. The third-order valence-electron chi connectivity index (χ3n) is 3.30. The van der Waals surface area contributed by atoms with E-state index in [0.29, 0.717) is 6.42 Å². The van der Waals surface area contributed by atoms with Crippen LogP contribution >= 0.6 is 23.3 Å². The van der Waals surface area contributed by atoms with Crippen LogP contribution in [0.15, 0.2) is 4.34 Å². The number of rotatable bonds is 11. The van der Waals surface area contributed by atoms with Crippen LogP contribution in [0.2, 0.25) is 0 Å². The van der Waals surface area contributed by atoms with Gasteiger partial charge < -0.3 is 10.4 Å². The zero-order chi connectivity index (χ0) is 15.7. The highest BCUT2D eigenvalue weighted by atomic mass is 32.2. The molecule has 1 unspecified atom stereocenters. The van der Waals surface area contributed by atoms with E-state index in [1.807, 2.05) is 13.8 Å². The van der Waals surface area contributed by atoms with E-state index in [1.165, 1.54) is 11.5 Å². The molecule has 1 aromatic heterocycles. The Labute approximate surface area is 135 Å². The second kappa shape index (κ2) is 9.38. The predicted octanol–water partition coefficient (Wildman–Crippen LogP) is 3.21. The van der Waals surface area contributed by atoms with E-state index >= 15 is 0 Å². The standard InChI is InChI=1S/C14H25N3O2S2/c1-4-9-15-14(3,12(18)19)8-6-7-10-20-13-16-11(5-2)17-21-13/h15H,4-10H2,1-3H3,(H,18,19). The van der Waals surface area contributed by atoms with E-state index in [-0.39, 0.29) is 0 Å². The zero-order valence-corrected chi connectivity index (χ0v) is 14.6. The first-order valence-electron chi connectivity index (χ1n) is 7.45. The van der Waals surface area contributed by atoms with Gasteiger partial charge in [0.2, 0.25) is 0 Å². The predicted molar refractivity (Wildman–Crippen MR) is 88.2 cm³/mol. The van der Waals surface area contributed by atoms with Gasteiger partial charge in [0.05, 0.1) is 0 Å². The molecule has 0 radical (unpaired) electrons. The quantitative estimate of drug-likeness (QED) is 0.479. The van der Waals surface area contributed by atoms with E-state index in [2.05, 4.69) is 14.7 Å². The summed E-state index contributed by atoms with van der Waals surface area (Å²) in [6, 6.07) is 0. The lowest BCUT2D eigenvalue weighted by Gasteiger charge is -2.26. The van der Waals surface area contributed by atoms with Crippen LogP contribution < -0.4 is 5.32 Å². The third-order valence-corrected chi connectivity index (χ3v) is 5.26. The minimum Gasteiger partial charge on any atom is -0.480 e. The maximum atomic E-state index is 11.4. The summed E-state index contributed by atoms with van der Waals surface area (Å²) >= 11 is 3.16. The zero-order valence-electron chi connectivity index (χ0n) is 13.0. The van der Waals surface area contributed by atoms with Crippen molar-refractivity contribution in [3.63, 3.8) is 0 Å². The average Bonchev–Trinajstić information content (AvgIpc) is 2.92. The fourth-order valence-corrected chi connectivity index (χ4v) is 3.62. The summed E-state index contributed by atoms with van der Waals surface area (Å²) in [6.07, 6.45) is 4.35. The summed E-state index contributed by atoms with van der Waals surface area (Å²) in [5, 5.41) is 12.5. The summed E-state index contributed by atoms with van der Waals surface area (Å²) in [6.45, 7) is 6.60. The number of carboxylic acids is 1. The maximum Gasteiger partial charge on any atom is 0.323 e. The lowest BCUT2D eigenvalue weighted by atomic mass is 9.95. The van der Waals surface area contributed by atoms with Gasteiger partial charge >= 0.3 is 5.97 Å². The van der Waals surface area contributed by atoms with Crippen LogP contribution in [-0.2, 0) is 11.2 Å². The van der Waals surface area contributed by atoms with Gasteiger partial charge in [-0.25, -0.2) is 4.98 Å². The molecule has 0 saturated heterocycles. The first kappa shape index (κ1) is 18.4. The van der Waals surface area contributed by atoms with Crippen LogP contribution in [0.5, 0.6) is 0 Å². The Morgan fingerprint density at radius 3 is 2.76 bits per heavy atom. The van der Waals surface area contributed by atoms with Crippen molar-refractivity contribution in [3.8, 4) is 0 Å². The van der Waals surface area contributed by atoms with Crippen LogP contribution in [0.3, 0.4) is 0 Å². The van der Waals surface area contributed by atoms with E-state index in [1.54, 1.807) is 18.7 Å². The molecule has 0 spiro atoms. The van der Waals surface area contributed by atoms with Crippen molar-refractivity contribution < 1.29 is 9.90 Å². The number of unbranched alkanes of at least 4 members (excludes halogenated alkanes) is 1. The first-order valence-corrected chi connectivity index (χ1v) is 9.21. The van der Waals surface area contributed by atoms with Gasteiger partial charge in [0.25, 0.3) is 0 Å². The number of thioether (sulfide) groups is 1. The van der Waals surface area contributed by atoms with Crippen molar-refractivity contribution in [2.24, 2.45) is 0 Å². The van der Waals surface area contributed by atoms with Crippen molar-refractivity contribution in [1.82, 2.24) is 14.7 Å². The average molecular weight is 332 g/mol. The molecule has 0 aromatic carbocycles. The number of aryl methyl sites for hydroxylation is 1. The minimum absolute atomic E-state index is 0.652. The molecule has 0 amide bonds. The number of hydrogen-bond donors (Lipinski definition) is 2. The number of aromatic nitrogens is 2. The van der Waals surface area contributed by atoms with E-state index in [9.17, 15) is 9.90 Å². The van der Waals surface area contributed by atoms with Crippen molar-refractivity contribution >= 4 is 29.3 Å². The Kier molecular flexibility index (Phi) is 8.21. The molecular weight excluding hydrogens is 306 g/mol. The molecule has 0 aliphatic heterocycles. The van der Waals surface area contributed by atoms with Gasteiger partial charge in [-0.05, 0) is 44.3 Å². The Hall–Kier alpha value is -0.660. The molecule has 1 heterocycles. The van der Waals surface area contributed by atoms with E-state index in [4.69, 9.17) is 0 Å². The third kappa shape index (κ3) is 6.32. The number of aliphatic carboxylic acids is 1. The monoisotopic (exact) mass is 331 g/mol. The number of hydrogen-bond acceptors (Lipinski definition) is 6. The molecule has 1 atom stereocenters. The summed E-state index contributed by atoms with van der Waals surface area (Å²) in [7, 11) is 0. The molecule has 0 saturated carbocycles. The van der Waals surface area contributed by atoms with Crippen LogP contribution in [-0.4, -0.2) is 38.3 Å². The highest BCUT2D eigenvalue weighted by molar-refractivity contribution is 8.00. The summed E-state index contributed by atoms with van der Waals surface area (Å²) < 4.78 is 5.26. The molecular formula is C14H25N3O2S2. The molecule has 21 heavy (non-hydrogen) atoms. The number of nitrogens with one attached hydrogen (secondary N) is 1. The van der Waals surface area contributed by atoms with Gasteiger partial charge in [0.1, 0.15) is 11.4 Å². The van der Waals surface area contributed by atoms with Crippen molar-refractivity contribution in [3.05, 3.63) is 5.82 Å². The van der Waals surface area contributed by atoms with Gasteiger partial charge in [-0.3, -0.25) is 4.79 Å². The normalized spacial score (nSPS) is 14.0. The summed E-state index contributed by atoms with van der Waals surface area (Å²) in [4.78, 5) is 15.8. The SMILES string of the molecule is CCCNC(C)(CCCCSc1nc(CC)ns1)C(=O)O. The Morgan fingerprint density at radius 1 is 1.43 bits per heavy atom. The molecule has 5 nitrogen and oxygen atoms in total. The van der Waals surface area contributed by atoms with E-state index < -0.39 is 11.5 Å². The smallest absolute Gasteiger partial charge is 0.323 e. The molecule has 7 heteroatoms. The molecule has 0 aliphatic rings. The molecule has 0 fully saturated rings. The van der Waals surface area contributed by atoms with Crippen molar-refractivity contribution in [1.29, 1.82) is 0 Å². The largest absolute Gasteiger partial charge is 0.480 e. The van der Waals surface area contributed by atoms with Gasteiger partial charge in [0.15, 0.2) is 4.34 Å². The van der Waals surface area contributed by atoms with Crippen molar-refractivity contribution in [2.45, 2.75) is 62.8 Å². The van der Waals surface area contributed by atoms with E-state index in [0.717, 1.165) is 48.1 Å². The molecule has 0 aliphatic carbocycles. The molecule has 1 aromatic rings. The van der Waals surface area contributed by atoms with Crippen LogP contribution in [0, 0.1) is 0 Å². The maximum absolute atomic E-state index is 11.4. The highest BCUT2D eigenvalue weighted by Crippen LogP contribution is 2.23. The van der Waals surface area contributed by atoms with Crippen LogP contribution in [0.4, 0.5) is 0 Å². The Bertz CT molecular complexity index is 440. The molecule has 1 rings (SSSR count). The lowest BCUT2D eigenvalue weighted by molar-refractivity contribution is -0.144. The molecule has 120 valence electrons. The summed E-state index contributed by atoms with van der Waals surface area (Å²) in [5.74, 6) is 1.10.